The Balaban J connectivity index is 2.11. The third-order valence-corrected chi connectivity index (χ3v) is 2.66. The highest BCUT2D eigenvalue weighted by molar-refractivity contribution is 5.85. The maximum absolute atomic E-state index is 12.7. The van der Waals surface area contributed by atoms with E-state index in [-0.39, 0.29) is 18.1 Å². The van der Waals surface area contributed by atoms with E-state index in [0.29, 0.717) is 18.1 Å². The molecule has 0 fully saturated rings. The van der Waals surface area contributed by atoms with E-state index in [1.165, 1.54) is 30.5 Å². The van der Waals surface area contributed by atoms with Crippen molar-refractivity contribution in [3.05, 3.63) is 47.8 Å². The van der Waals surface area contributed by atoms with Gasteiger partial charge in [0.1, 0.15) is 29.7 Å². The molecule has 0 aliphatic rings. The van der Waals surface area contributed by atoms with E-state index in [9.17, 15) is 9.18 Å². The lowest BCUT2D eigenvalue weighted by atomic mass is 10.3. The van der Waals surface area contributed by atoms with Gasteiger partial charge in [0.05, 0.1) is 6.20 Å². The van der Waals surface area contributed by atoms with Crippen molar-refractivity contribution in [1.82, 2.24) is 9.55 Å². The molecular weight excluding hydrogens is 251 g/mol. The van der Waals surface area contributed by atoms with Gasteiger partial charge < -0.3 is 14.4 Å². The SMILES string of the molecule is CCn1c(C(=O)O)cnc1COc1ccc(F)cc1. The number of hydrogen-bond donors (Lipinski definition) is 1. The van der Waals surface area contributed by atoms with Gasteiger partial charge in [0.2, 0.25) is 0 Å². The number of ether oxygens (including phenoxy) is 1. The Morgan fingerprint density at radius 3 is 2.68 bits per heavy atom. The van der Waals surface area contributed by atoms with Crippen molar-refractivity contribution in [1.29, 1.82) is 0 Å². The third kappa shape index (κ3) is 2.90. The third-order valence-electron chi connectivity index (χ3n) is 2.66. The molecule has 2 aromatic rings. The van der Waals surface area contributed by atoms with Gasteiger partial charge in [-0.25, -0.2) is 14.2 Å². The standard InChI is InChI=1S/C13H13FN2O3/c1-2-16-11(13(17)18)7-15-12(16)8-19-10-5-3-9(14)4-6-10/h3-7H,2,8H2,1H3,(H,17,18). The molecule has 1 aromatic heterocycles. The first-order valence-corrected chi connectivity index (χ1v) is 5.78. The van der Waals surface area contributed by atoms with Crippen LogP contribution in [0, 0.1) is 5.82 Å². The van der Waals surface area contributed by atoms with Crippen molar-refractivity contribution >= 4 is 5.97 Å². The van der Waals surface area contributed by atoms with Gasteiger partial charge in [-0.3, -0.25) is 0 Å². The summed E-state index contributed by atoms with van der Waals surface area (Å²) in [6, 6.07) is 5.61. The number of carboxylic acid groups (broad SMARTS) is 1. The molecule has 1 heterocycles. The second kappa shape index (κ2) is 5.51. The summed E-state index contributed by atoms with van der Waals surface area (Å²) in [6.45, 7) is 2.45. The summed E-state index contributed by atoms with van der Waals surface area (Å²) in [5.74, 6) is -0.342. The van der Waals surface area contributed by atoms with Gasteiger partial charge in [-0.2, -0.15) is 0 Å². The lowest BCUT2D eigenvalue weighted by Gasteiger charge is -2.08. The fourth-order valence-corrected chi connectivity index (χ4v) is 1.73. The summed E-state index contributed by atoms with van der Waals surface area (Å²) in [7, 11) is 0. The molecule has 0 spiro atoms. The molecule has 0 unspecified atom stereocenters. The number of halogens is 1. The molecule has 0 aliphatic carbocycles. The van der Waals surface area contributed by atoms with E-state index >= 15 is 0 Å². The minimum Gasteiger partial charge on any atom is -0.486 e. The molecule has 0 radical (unpaired) electrons. The van der Waals surface area contributed by atoms with E-state index < -0.39 is 5.97 Å². The minimum atomic E-state index is -1.03. The van der Waals surface area contributed by atoms with Crippen LogP contribution in [0.5, 0.6) is 5.75 Å². The van der Waals surface area contributed by atoms with Crippen LogP contribution in [0.4, 0.5) is 4.39 Å². The average Bonchev–Trinajstić information content (AvgIpc) is 2.81. The number of imidazole rings is 1. The van der Waals surface area contributed by atoms with Gasteiger partial charge in [0.15, 0.2) is 0 Å². The van der Waals surface area contributed by atoms with E-state index in [2.05, 4.69) is 4.98 Å². The van der Waals surface area contributed by atoms with Crippen LogP contribution in [-0.4, -0.2) is 20.6 Å². The predicted molar refractivity (Wildman–Crippen MR) is 65.6 cm³/mol. The predicted octanol–water partition coefficient (Wildman–Crippen LogP) is 2.32. The molecule has 19 heavy (non-hydrogen) atoms. The number of rotatable bonds is 5. The molecule has 0 amide bonds. The summed E-state index contributed by atoms with van der Waals surface area (Å²) in [6.07, 6.45) is 1.30. The number of benzene rings is 1. The maximum Gasteiger partial charge on any atom is 0.354 e. The number of hydrogen-bond acceptors (Lipinski definition) is 3. The summed E-state index contributed by atoms with van der Waals surface area (Å²) in [4.78, 5) is 15.0. The van der Waals surface area contributed by atoms with Gasteiger partial charge in [-0.15, -0.1) is 0 Å². The molecule has 0 atom stereocenters. The molecule has 1 aromatic carbocycles. The molecule has 100 valence electrons. The Bertz CT molecular complexity index is 578. The van der Waals surface area contributed by atoms with Crippen LogP contribution in [-0.2, 0) is 13.2 Å². The molecule has 1 N–H and O–H groups in total. The fraction of sp³-hybridized carbons (Fsp3) is 0.231. The number of carboxylic acids is 1. The molecule has 0 saturated heterocycles. The van der Waals surface area contributed by atoms with Gasteiger partial charge >= 0.3 is 5.97 Å². The van der Waals surface area contributed by atoms with E-state index in [1.807, 2.05) is 6.92 Å². The molecule has 6 heteroatoms. The lowest BCUT2D eigenvalue weighted by molar-refractivity contribution is 0.0684. The summed E-state index contributed by atoms with van der Waals surface area (Å²) < 4.78 is 19.7. The minimum absolute atomic E-state index is 0.125. The van der Waals surface area contributed by atoms with Crippen LogP contribution in [0.3, 0.4) is 0 Å². The first-order valence-electron chi connectivity index (χ1n) is 5.78. The summed E-state index contributed by atoms with van der Waals surface area (Å²) in [5.41, 5.74) is 0.125. The van der Waals surface area contributed by atoms with Crippen molar-refractivity contribution in [2.45, 2.75) is 20.1 Å². The molecule has 0 aliphatic heterocycles. The number of aromatic carboxylic acids is 1. The molecule has 0 bridgehead atoms. The monoisotopic (exact) mass is 264 g/mol. The molecular formula is C13H13FN2O3. The summed E-state index contributed by atoms with van der Waals surface area (Å²) in [5, 5.41) is 8.98. The Morgan fingerprint density at radius 2 is 2.11 bits per heavy atom. The van der Waals surface area contributed by atoms with Crippen molar-refractivity contribution in [2.75, 3.05) is 0 Å². The topological polar surface area (TPSA) is 64.4 Å². The highest BCUT2D eigenvalue weighted by Gasteiger charge is 2.14. The molecule has 2 rings (SSSR count). The molecule has 5 nitrogen and oxygen atoms in total. The van der Waals surface area contributed by atoms with Crippen LogP contribution in [0.15, 0.2) is 30.5 Å². The van der Waals surface area contributed by atoms with Gasteiger partial charge in [0.25, 0.3) is 0 Å². The zero-order valence-corrected chi connectivity index (χ0v) is 10.3. The van der Waals surface area contributed by atoms with Crippen LogP contribution >= 0.6 is 0 Å². The zero-order chi connectivity index (χ0) is 13.8. The second-order valence-corrected chi connectivity index (χ2v) is 3.85. The number of aromatic nitrogens is 2. The van der Waals surface area contributed by atoms with Crippen LogP contribution in [0.25, 0.3) is 0 Å². The van der Waals surface area contributed by atoms with Gasteiger partial charge in [0, 0.05) is 6.54 Å². The Hall–Kier alpha value is -2.37. The maximum atomic E-state index is 12.7. The zero-order valence-electron chi connectivity index (χ0n) is 10.3. The van der Waals surface area contributed by atoms with Gasteiger partial charge in [-0.1, -0.05) is 0 Å². The number of nitrogens with zero attached hydrogens (tertiary/aromatic N) is 2. The quantitative estimate of drug-likeness (QED) is 0.900. The highest BCUT2D eigenvalue weighted by Crippen LogP contribution is 2.14. The van der Waals surface area contributed by atoms with E-state index in [0.717, 1.165) is 0 Å². The Kier molecular flexibility index (Phi) is 3.79. The van der Waals surface area contributed by atoms with Crippen molar-refractivity contribution in [2.24, 2.45) is 0 Å². The van der Waals surface area contributed by atoms with Crippen molar-refractivity contribution in [3.63, 3.8) is 0 Å². The van der Waals surface area contributed by atoms with Crippen LogP contribution in [0.2, 0.25) is 0 Å². The Morgan fingerprint density at radius 1 is 1.42 bits per heavy atom. The first-order chi connectivity index (χ1) is 9.11. The summed E-state index contributed by atoms with van der Waals surface area (Å²) >= 11 is 0. The molecule has 0 saturated carbocycles. The van der Waals surface area contributed by atoms with Crippen LogP contribution < -0.4 is 4.74 Å². The van der Waals surface area contributed by atoms with E-state index in [4.69, 9.17) is 9.84 Å². The second-order valence-electron chi connectivity index (χ2n) is 3.85. The van der Waals surface area contributed by atoms with Gasteiger partial charge in [-0.05, 0) is 31.2 Å². The van der Waals surface area contributed by atoms with Crippen molar-refractivity contribution < 1.29 is 19.0 Å². The first kappa shape index (κ1) is 13.1. The van der Waals surface area contributed by atoms with Crippen molar-refractivity contribution in [3.8, 4) is 5.75 Å². The van der Waals surface area contributed by atoms with Crippen LogP contribution in [0.1, 0.15) is 23.2 Å². The Labute approximate surface area is 109 Å². The highest BCUT2D eigenvalue weighted by atomic mass is 19.1. The average molecular weight is 264 g/mol. The fourth-order valence-electron chi connectivity index (χ4n) is 1.73. The smallest absolute Gasteiger partial charge is 0.354 e. The van der Waals surface area contributed by atoms with E-state index in [1.54, 1.807) is 4.57 Å². The largest absolute Gasteiger partial charge is 0.486 e. The lowest BCUT2D eigenvalue weighted by Crippen LogP contribution is -2.11. The number of carbonyl (C=O) groups is 1. The normalized spacial score (nSPS) is 10.4.